The van der Waals surface area contributed by atoms with E-state index in [4.69, 9.17) is 9.97 Å². The second kappa shape index (κ2) is 7.17. The molecule has 0 aliphatic carbocycles. The van der Waals surface area contributed by atoms with Crippen LogP contribution in [0, 0.1) is 6.92 Å². The third kappa shape index (κ3) is 3.18. The van der Waals surface area contributed by atoms with E-state index in [1.807, 2.05) is 36.7 Å². The van der Waals surface area contributed by atoms with Crippen LogP contribution in [0.5, 0.6) is 5.75 Å². The highest BCUT2D eigenvalue weighted by Gasteiger charge is 2.29. The van der Waals surface area contributed by atoms with Crippen LogP contribution < -0.4 is 4.90 Å². The molecule has 5 heteroatoms. The Morgan fingerprint density at radius 1 is 1.03 bits per heavy atom. The van der Waals surface area contributed by atoms with Gasteiger partial charge in [0.2, 0.25) is 0 Å². The molecule has 29 heavy (non-hydrogen) atoms. The molecule has 0 spiro atoms. The normalized spacial score (nSPS) is 16.4. The zero-order valence-electron chi connectivity index (χ0n) is 16.3. The van der Waals surface area contributed by atoms with Crippen LogP contribution in [0.2, 0.25) is 0 Å². The number of hydrogen-bond acceptors (Lipinski definition) is 5. The predicted molar refractivity (Wildman–Crippen MR) is 115 cm³/mol. The lowest BCUT2D eigenvalue weighted by molar-refractivity contribution is 0.477. The van der Waals surface area contributed by atoms with Gasteiger partial charge >= 0.3 is 0 Å². The van der Waals surface area contributed by atoms with Crippen molar-refractivity contribution in [1.82, 2.24) is 15.0 Å². The van der Waals surface area contributed by atoms with Crippen LogP contribution in [0.4, 0.5) is 5.82 Å². The SMILES string of the molecule is Cc1ccc2c(N3CCCC3c3cccnc3)nc(-c3ccccc3O)nc2c1. The summed E-state index contributed by atoms with van der Waals surface area (Å²) >= 11 is 0. The molecule has 3 heterocycles. The quantitative estimate of drug-likeness (QED) is 0.537. The van der Waals surface area contributed by atoms with E-state index in [-0.39, 0.29) is 11.8 Å². The van der Waals surface area contributed by atoms with Gasteiger partial charge in [-0.2, -0.15) is 0 Å². The largest absolute Gasteiger partial charge is 0.507 e. The first-order valence-electron chi connectivity index (χ1n) is 9.94. The summed E-state index contributed by atoms with van der Waals surface area (Å²) in [5, 5.41) is 11.4. The summed E-state index contributed by atoms with van der Waals surface area (Å²) in [5.41, 5.74) is 3.89. The monoisotopic (exact) mass is 382 g/mol. The Kier molecular flexibility index (Phi) is 4.35. The van der Waals surface area contributed by atoms with E-state index in [0.29, 0.717) is 11.4 Å². The number of phenolic OH excluding ortho intramolecular Hbond substituents is 1. The summed E-state index contributed by atoms with van der Waals surface area (Å²) in [7, 11) is 0. The van der Waals surface area contributed by atoms with Crippen LogP contribution in [-0.4, -0.2) is 26.6 Å². The number of aryl methyl sites for hydroxylation is 1. The highest BCUT2D eigenvalue weighted by Crippen LogP contribution is 2.39. The fourth-order valence-electron chi connectivity index (χ4n) is 4.16. The van der Waals surface area contributed by atoms with Gasteiger partial charge in [-0.3, -0.25) is 4.98 Å². The van der Waals surface area contributed by atoms with Gasteiger partial charge < -0.3 is 10.0 Å². The van der Waals surface area contributed by atoms with Gasteiger partial charge in [0.1, 0.15) is 11.6 Å². The summed E-state index contributed by atoms with van der Waals surface area (Å²) in [4.78, 5) is 16.4. The lowest BCUT2D eigenvalue weighted by Crippen LogP contribution is -2.24. The van der Waals surface area contributed by atoms with Crippen LogP contribution in [0.3, 0.4) is 0 Å². The van der Waals surface area contributed by atoms with Gasteiger partial charge in [0.25, 0.3) is 0 Å². The van der Waals surface area contributed by atoms with Crippen molar-refractivity contribution in [3.05, 3.63) is 78.1 Å². The number of fused-ring (bicyclic) bond motifs is 1. The molecule has 1 aliphatic heterocycles. The van der Waals surface area contributed by atoms with Gasteiger partial charge in [0.15, 0.2) is 5.82 Å². The van der Waals surface area contributed by atoms with Crippen molar-refractivity contribution in [1.29, 1.82) is 0 Å². The van der Waals surface area contributed by atoms with Gasteiger partial charge in [-0.25, -0.2) is 9.97 Å². The van der Waals surface area contributed by atoms with E-state index in [0.717, 1.165) is 41.7 Å². The number of pyridine rings is 1. The van der Waals surface area contributed by atoms with Crippen molar-refractivity contribution < 1.29 is 5.11 Å². The molecule has 1 N–H and O–H groups in total. The molecule has 5 nitrogen and oxygen atoms in total. The molecular formula is C24H22N4O. The third-order valence-electron chi connectivity index (χ3n) is 5.57. The summed E-state index contributed by atoms with van der Waals surface area (Å²) < 4.78 is 0. The first-order chi connectivity index (χ1) is 14.2. The molecule has 0 radical (unpaired) electrons. The second-order valence-corrected chi connectivity index (χ2v) is 7.55. The maximum Gasteiger partial charge on any atom is 0.165 e. The lowest BCUT2D eigenvalue weighted by atomic mass is 10.1. The van der Waals surface area contributed by atoms with Crippen LogP contribution in [0.25, 0.3) is 22.3 Å². The molecule has 1 unspecified atom stereocenters. The molecule has 1 saturated heterocycles. The molecule has 0 amide bonds. The third-order valence-corrected chi connectivity index (χ3v) is 5.57. The van der Waals surface area contributed by atoms with Gasteiger partial charge in [-0.15, -0.1) is 0 Å². The topological polar surface area (TPSA) is 62.1 Å². The fourth-order valence-corrected chi connectivity index (χ4v) is 4.16. The van der Waals surface area contributed by atoms with E-state index in [1.54, 1.807) is 6.07 Å². The standard InChI is InChI=1S/C24H22N4O/c1-16-10-11-18-20(14-16)26-23(19-7-2-3-9-22(19)29)27-24(18)28-13-5-8-21(28)17-6-4-12-25-15-17/h2-4,6-7,9-12,14-15,21,29H,5,8,13H2,1H3. The molecule has 2 aromatic heterocycles. The Balaban J connectivity index is 1.71. The predicted octanol–water partition coefficient (Wildman–Crippen LogP) is 5.05. The van der Waals surface area contributed by atoms with Gasteiger partial charge in [-0.05, 0) is 61.2 Å². The van der Waals surface area contributed by atoms with Crippen LogP contribution in [0.1, 0.15) is 30.0 Å². The molecule has 4 aromatic rings. The fraction of sp³-hybridized carbons (Fsp3) is 0.208. The van der Waals surface area contributed by atoms with Crippen molar-refractivity contribution in [3.8, 4) is 17.1 Å². The smallest absolute Gasteiger partial charge is 0.165 e. The Bertz CT molecular complexity index is 1180. The molecular weight excluding hydrogens is 360 g/mol. The maximum atomic E-state index is 10.4. The van der Waals surface area contributed by atoms with E-state index < -0.39 is 0 Å². The molecule has 1 aliphatic rings. The van der Waals surface area contributed by atoms with E-state index in [2.05, 4.69) is 41.1 Å². The highest BCUT2D eigenvalue weighted by atomic mass is 16.3. The van der Waals surface area contributed by atoms with Crippen LogP contribution in [0.15, 0.2) is 67.0 Å². The average molecular weight is 382 g/mol. The number of benzene rings is 2. The second-order valence-electron chi connectivity index (χ2n) is 7.55. The molecule has 1 atom stereocenters. The molecule has 2 aromatic carbocycles. The van der Waals surface area contributed by atoms with E-state index >= 15 is 0 Å². The number of para-hydroxylation sites is 1. The minimum atomic E-state index is 0.190. The minimum Gasteiger partial charge on any atom is -0.507 e. The Morgan fingerprint density at radius 3 is 2.76 bits per heavy atom. The molecule has 144 valence electrons. The number of aromatic nitrogens is 3. The first-order valence-corrected chi connectivity index (χ1v) is 9.94. The first kappa shape index (κ1) is 17.6. The Labute approximate surface area is 169 Å². The van der Waals surface area contributed by atoms with Crippen molar-refractivity contribution in [2.75, 3.05) is 11.4 Å². The van der Waals surface area contributed by atoms with Gasteiger partial charge in [0, 0.05) is 24.3 Å². The molecule has 0 saturated carbocycles. The number of nitrogens with zero attached hydrogens (tertiary/aromatic N) is 4. The zero-order chi connectivity index (χ0) is 19.8. The van der Waals surface area contributed by atoms with Crippen molar-refractivity contribution in [3.63, 3.8) is 0 Å². The van der Waals surface area contributed by atoms with Crippen molar-refractivity contribution in [2.45, 2.75) is 25.8 Å². The minimum absolute atomic E-state index is 0.190. The van der Waals surface area contributed by atoms with Crippen molar-refractivity contribution >= 4 is 16.7 Å². The van der Waals surface area contributed by atoms with Crippen LogP contribution in [-0.2, 0) is 0 Å². The molecule has 1 fully saturated rings. The Morgan fingerprint density at radius 2 is 1.93 bits per heavy atom. The van der Waals surface area contributed by atoms with Gasteiger partial charge in [0.05, 0.1) is 17.1 Å². The average Bonchev–Trinajstić information content (AvgIpc) is 3.23. The van der Waals surface area contributed by atoms with E-state index in [1.165, 1.54) is 5.56 Å². The number of phenols is 1. The maximum absolute atomic E-state index is 10.4. The number of rotatable bonds is 3. The zero-order valence-corrected chi connectivity index (χ0v) is 16.3. The number of aromatic hydroxyl groups is 1. The van der Waals surface area contributed by atoms with Crippen LogP contribution >= 0.6 is 0 Å². The summed E-state index contributed by atoms with van der Waals surface area (Å²) in [6.45, 7) is 2.99. The van der Waals surface area contributed by atoms with Gasteiger partial charge in [-0.1, -0.05) is 24.3 Å². The number of anilines is 1. The Hall–Kier alpha value is -3.47. The number of hydrogen-bond donors (Lipinski definition) is 1. The van der Waals surface area contributed by atoms with E-state index in [9.17, 15) is 5.11 Å². The highest BCUT2D eigenvalue weighted by molar-refractivity contribution is 5.92. The summed E-state index contributed by atoms with van der Waals surface area (Å²) in [5.74, 6) is 1.66. The lowest BCUT2D eigenvalue weighted by Gasteiger charge is -2.27. The summed E-state index contributed by atoms with van der Waals surface area (Å²) in [6, 6.07) is 17.9. The molecule has 0 bridgehead atoms. The summed E-state index contributed by atoms with van der Waals surface area (Å²) in [6.07, 6.45) is 5.92. The van der Waals surface area contributed by atoms with Crippen molar-refractivity contribution in [2.24, 2.45) is 0 Å². The molecule has 5 rings (SSSR count).